The van der Waals surface area contributed by atoms with Crippen molar-refractivity contribution in [3.05, 3.63) is 184 Å². The molecule has 0 unspecified atom stereocenters. The van der Waals surface area contributed by atoms with Gasteiger partial charge in [0.25, 0.3) is 0 Å². The lowest BCUT2D eigenvalue weighted by Crippen LogP contribution is -2.30. The van der Waals surface area contributed by atoms with E-state index >= 15 is 0 Å². The van der Waals surface area contributed by atoms with E-state index in [-0.39, 0.29) is 0 Å². The minimum Gasteiger partial charge on any atom is -0.297 e. The fourth-order valence-electron chi connectivity index (χ4n) is 17.2. The summed E-state index contributed by atoms with van der Waals surface area (Å²) in [6.07, 6.45) is 50.3. The first kappa shape index (κ1) is 75.4. The molecule has 9 aromatic rings. The summed E-state index contributed by atoms with van der Waals surface area (Å²) in [7, 11) is 0. The number of thiophene rings is 5. The number of aryl methyl sites for hydroxylation is 8. The smallest absolute Gasteiger partial charge is 0.160 e. The molecule has 2 nitrogen and oxygen atoms in total. The number of hydrogen-bond donors (Lipinski definition) is 0. The summed E-state index contributed by atoms with van der Waals surface area (Å²) >= 11 is 9.68. The zero-order valence-electron chi connectivity index (χ0n) is 62.4. The van der Waals surface area contributed by atoms with Crippen LogP contribution < -0.4 is 0 Å². The summed E-state index contributed by atoms with van der Waals surface area (Å²) < 4.78 is 5.42. The van der Waals surface area contributed by atoms with Crippen LogP contribution >= 0.6 is 56.7 Å². The van der Waals surface area contributed by atoms with E-state index in [4.69, 9.17) is 0 Å². The van der Waals surface area contributed by atoms with Crippen molar-refractivity contribution in [3.63, 3.8) is 0 Å². The van der Waals surface area contributed by atoms with E-state index in [0.29, 0.717) is 0 Å². The number of benzene rings is 4. The van der Waals surface area contributed by atoms with E-state index in [1.807, 2.05) is 11.3 Å². The number of carbonyl (C=O) groups is 2. The Morgan fingerprint density at radius 2 is 0.515 bits per heavy atom. The highest BCUT2D eigenvalue weighted by atomic mass is 32.1. The average molecular weight is 1420 g/mol. The molecule has 0 N–H and O–H groups in total. The minimum absolute atomic E-state index is 0.678. The fraction of sp³-hybridized carbons (Fsp3) is 0.543. The van der Waals surface area contributed by atoms with Gasteiger partial charge in [-0.05, 0) is 187 Å². The van der Waals surface area contributed by atoms with Crippen molar-refractivity contribution < 1.29 is 9.59 Å². The van der Waals surface area contributed by atoms with Crippen molar-refractivity contribution in [2.45, 2.75) is 323 Å². The first-order chi connectivity index (χ1) is 48.6. The molecule has 0 bridgehead atoms. The topological polar surface area (TPSA) is 34.1 Å². The van der Waals surface area contributed by atoms with Crippen molar-refractivity contribution in [2.75, 3.05) is 0 Å². The van der Waals surface area contributed by atoms with Crippen LogP contribution in [0.15, 0.2) is 84.9 Å². The molecule has 530 valence electrons. The lowest BCUT2D eigenvalue weighted by atomic mass is 9.65. The van der Waals surface area contributed by atoms with Crippen molar-refractivity contribution >= 4 is 88.1 Å². The van der Waals surface area contributed by atoms with Gasteiger partial charge in [0.2, 0.25) is 0 Å². The molecule has 0 aliphatic heterocycles. The van der Waals surface area contributed by atoms with E-state index in [1.165, 1.54) is 339 Å². The maximum atomic E-state index is 13.8. The van der Waals surface area contributed by atoms with Crippen LogP contribution in [0.1, 0.15) is 369 Å². The molecule has 0 saturated heterocycles. The van der Waals surface area contributed by atoms with E-state index < -0.39 is 10.8 Å². The van der Waals surface area contributed by atoms with Gasteiger partial charge >= 0.3 is 0 Å². The minimum atomic E-state index is -0.678. The van der Waals surface area contributed by atoms with Gasteiger partial charge in [0.05, 0.1) is 54.2 Å². The molecular formula is C92H120O2S5. The molecule has 0 radical (unpaired) electrons. The summed E-state index contributed by atoms with van der Waals surface area (Å²) in [4.78, 5) is 34.3. The van der Waals surface area contributed by atoms with Gasteiger partial charge in [-0.2, -0.15) is 0 Å². The Morgan fingerprint density at radius 3 is 0.818 bits per heavy atom. The lowest BCUT2D eigenvalue weighted by Gasteiger charge is -2.35. The third-order valence-electron chi connectivity index (χ3n) is 22.3. The van der Waals surface area contributed by atoms with Gasteiger partial charge in [-0.25, -0.2) is 0 Å². The predicted molar refractivity (Wildman–Crippen MR) is 439 cm³/mol. The Morgan fingerprint density at radius 1 is 0.253 bits per heavy atom. The second kappa shape index (κ2) is 37.1. The summed E-state index contributed by atoms with van der Waals surface area (Å²) in [5.74, 6) is 0. The van der Waals surface area contributed by atoms with E-state index in [1.54, 1.807) is 22.7 Å². The Hall–Kier alpha value is -4.76. The highest BCUT2D eigenvalue weighted by Crippen LogP contribution is 2.71. The van der Waals surface area contributed by atoms with Crippen LogP contribution in [0.25, 0.3) is 38.3 Å². The molecule has 2 aliphatic carbocycles. The van der Waals surface area contributed by atoms with Gasteiger partial charge < -0.3 is 0 Å². The Labute approximate surface area is 619 Å². The van der Waals surface area contributed by atoms with Gasteiger partial charge in [-0.1, -0.05) is 282 Å². The van der Waals surface area contributed by atoms with Crippen molar-refractivity contribution in [1.82, 2.24) is 0 Å². The third-order valence-corrected chi connectivity index (χ3v) is 28.6. The molecule has 0 amide bonds. The highest BCUT2D eigenvalue weighted by molar-refractivity contribution is 7.36. The molecule has 11 rings (SSSR count). The number of carbonyl (C=O) groups excluding carboxylic acids is 2. The molecule has 7 heteroatoms. The summed E-state index contributed by atoms with van der Waals surface area (Å²) in [6, 6.07) is 36.7. The number of rotatable bonds is 46. The predicted octanol–water partition coefficient (Wildman–Crippen LogP) is 29.6. The van der Waals surface area contributed by atoms with Gasteiger partial charge in [0.15, 0.2) is 12.6 Å². The van der Waals surface area contributed by atoms with Crippen LogP contribution in [-0.4, -0.2) is 12.6 Å². The van der Waals surface area contributed by atoms with Crippen LogP contribution in [-0.2, 0) is 62.2 Å². The van der Waals surface area contributed by atoms with Crippen LogP contribution in [0.4, 0.5) is 0 Å². The summed E-state index contributed by atoms with van der Waals surface area (Å²) in [6.45, 7) is 18.8. The SMILES string of the molecule is CCCCCCc1cc(CCCCCC)cc(C2(c3cc(CCCCCC)cc(CCCCCC)c3)c3cc(C=O)sc3-c3sc4c5c(sc4c32)-c2sc3cc(C=O)sc3c2C5(c2cc(CCCCCC)cc(CCCCCC)c2)c2cc(CCCCCC)cc(CCCCCC)c2)c1. The number of aldehydes is 2. The Balaban J connectivity index is 1.29. The van der Waals surface area contributed by atoms with Crippen molar-refractivity contribution in [2.24, 2.45) is 0 Å². The maximum absolute atomic E-state index is 13.8. The lowest BCUT2D eigenvalue weighted by molar-refractivity contribution is 0.111. The number of unbranched alkanes of at least 4 members (excludes halogenated alkanes) is 24. The molecule has 0 saturated carbocycles. The van der Waals surface area contributed by atoms with Gasteiger partial charge in [0, 0.05) is 21.4 Å². The van der Waals surface area contributed by atoms with Gasteiger partial charge in [-0.3, -0.25) is 9.59 Å². The van der Waals surface area contributed by atoms with Crippen LogP contribution in [0.5, 0.6) is 0 Å². The largest absolute Gasteiger partial charge is 0.297 e. The van der Waals surface area contributed by atoms with Crippen LogP contribution in [0.2, 0.25) is 0 Å². The van der Waals surface area contributed by atoms with E-state index in [2.05, 4.69) is 163 Å². The second-order valence-corrected chi connectivity index (χ2v) is 35.4. The standard InChI is InChI=1S/C92H120O2S5/c1-9-17-25-33-41-65-49-66(42-34-26-18-10-2)54-73(53-65)91(74-55-67(43-35-27-19-11-3)50-68(56-74)44-36-28-20-12-4)79-61-77(63-93)95-84(79)86-82(91)88-90(98-86)83-89(99-88)87-81(85-80(97-87)62-78(64-94)96-85)92(83,75-57-69(45-37-29-21-13-5)51-70(58-75)46-38-30-22-14-6)76-59-71(47-39-31-23-15-7)52-72(60-76)48-40-32-24-16-8/h49-64H,9-48H2,1-8H3. The molecule has 5 heterocycles. The molecule has 4 aromatic carbocycles. The second-order valence-electron chi connectivity index (χ2n) is 30.2. The quantitative estimate of drug-likeness (QED) is 0.0281. The fourth-order valence-corrected chi connectivity index (χ4v) is 24.2. The molecule has 0 fully saturated rings. The zero-order chi connectivity index (χ0) is 69.1. The monoisotopic (exact) mass is 1420 g/mol. The van der Waals surface area contributed by atoms with E-state index in [9.17, 15) is 9.59 Å². The average Bonchev–Trinajstić information content (AvgIpc) is 1.48. The highest BCUT2D eigenvalue weighted by Gasteiger charge is 2.56. The molecule has 0 atom stereocenters. The molecular weight excluding hydrogens is 1300 g/mol. The van der Waals surface area contributed by atoms with Gasteiger partial charge in [-0.15, -0.1) is 56.7 Å². The summed E-state index contributed by atoms with van der Waals surface area (Å²) in [5.41, 5.74) is 21.8. The number of hydrogen-bond acceptors (Lipinski definition) is 7. The van der Waals surface area contributed by atoms with Crippen molar-refractivity contribution in [1.29, 1.82) is 0 Å². The maximum Gasteiger partial charge on any atom is 0.160 e. The van der Waals surface area contributed by atoms with Crippen LogP contribution in [0.3, 0.4) is 0 Å². The summed E-state index contributed by atoms with van der Waals surface area (Å²) in [5, 5.41) is 0. The third kappa shape index (κ3) is 16.8. The molecule has 0 spiro atoms. The van der Waals surface area contributed by atoms with Gasteiger partial charge in [0.1, 0.15) is 0 Å². The molecule has 99 heavy (non-hydrogen) atoms. The first-order valence-electron chi connectivity index (χ1n) is 40.4. The zero-order valence-corrected chi connectivity index (χ0v) is 66.5. The normalized spacial score (nSPS) is 13.5. The van der Waals surface area contributed by atoms with Crippen molar-refractivity contribution in [3.8, 4) is 19.5 Å². The number of fused-ring (bicyclic) bond motifs is 11. The van der Waals surface area contributed by atoms with Crippen LogP contribution in [0, 0.1) is 0 Å². The Kier molecular flexibility index (Phi) is 28.3. The Bertz CT molecular complexity index is 3810. The molecule has 5 aromatic heterocycles. The van der Waals surface area contributed by atoms with E-state index in [0.717, 1.165) is 67.4 Å². The first-order valence-corrected chi connectivity index (χ1v) is 44.5. The molecule has 2 aliphatic rings.